The Kier molecular flexibility index (Phi) is 4.69. The van der Waals surface area contributed by atoms with E-state index in [0.29, 0.717) is 5.92 Å². The number of anilines is 2. The summed E-state index contributed by atoms with van der Waals surface area (Å²) in [6.07, 6.45) is 4.59. The van der Waals surface area contributed by atoms with Crippen molar-refractivity contribution in [1.29, 1.82) is 0 Å². The molecule has 0 spiro atoms. The number of hydrogen-bond acceptors (Lipinski definition) is 5. The first-order valence-corrected chi connectivity index (χ1v) is 8.00. The van der Waals surface area contributed by atoms with E-state index in [9.17, 15) is 0 Å². The Bertz CT molecular complexity index is 404. The number of nitrogens with one attached hydrogen (secondary N) is 2. The second-order valence-corrected chi connectivity index (χ2v) is 5.61. The van der Waals surface area contributed by atoms with E-state index >= 15 is 0 Å². The number of rotatable bonds is 7. The fourth-order valence-electron chi connectivity index (χ4n) is 1.84. The Morgan fingerprint density at radius 2 is 1.89 bits per heavy atom. The molecule has 1 fully saturated rings. The molecule has 1 saturated carbocycles. The van der Waals surface area contributed by atoms with Gasteiger partial charge in [-0.3, -0.25) is 0 Å². The minimum Gasteiger partial charge on any atom is -0.370 e. The van der Waals surface area contributed by atoms with E-state index in [1.165, 1.54) is 12.8 Å². The molecule has 1 aliphatic carbocycles. The molecule has 0 amide bonds. The zero-order chi connectivity index (χ0) is 13.0. The molecule has 0 radical (unpaired) electrons. The maximum atomic E-state index is 4.68. The van der Waals surface area contributed by atoms with Gasteiger partial charge in [0.1, 0.15) is 17.5 Å². The molecule has 100 valence electrons. The number of hydrogen-bond donors (Lipinski definition) is 2. The fraction of sp³-hybridized carbons (Fsp3) is 0.692. The summed E-state index contributed by atoms with van der Waals surface area (Å²) < 4.78 is 0. The number of aromatic nitrogens is 2. The van der Waals surface area contributed by atoms with Crippen LogP contribution < -0.4 is 10.6 Å². The summed E-state index contributed by atoms with van der Waals surface area (Å²) in [7, 11) is 0. The molecule has 1 aromatic heterocycles. The van der Waals surface area contributed by atoms with E-state index < -0.39 is 0 Å². The summed E-state index contributed by atoms with van der Waals surface area (Å²) in [5, 5.41) is 6.76. The Morgan fingerprint density at radius 1 is 1.22 bits per heavy atom. The fourth-order valence-corrected chi connectivity index (χ4v) is 2.15. The van der Waals surface area contributed by atoms with Gasteiger partial charge in [-0.15, -0.1) is 0 Å². The molecule has 2 rings (SSSR count). The van der Waals surface area contributed by atoms with Crippen molar-refractivity contribution in [3.8, 4) is 0 Å². The Morgan fingerprint density at radius 3 is 2.44 bits per heavy atom. The second kappa shape index (κ2) is 6.27. The first kappa shape index (κ1) is 13.5. The first-order valence-electron chi connectivity index (χ1n) is 6.61. The van der Waals surface area contributed by atoms with Crippen molar-refractivity contribution in [3.63, 3.8) is 0 Å². The zero-order valence-corrected chi connectivity index (χ0v) is 12.2. The van der Waals surface area contributed by atoms with Crippen LogP contribution in [0.4, 0.5) is 11.6 Å². The van der Waals surface area contributed by atoms with Crippen molar-refractivity contribution < 1.29 is 0 Å². The van der Waals surface area contributed by atoms with E-state index in [0.717, 1.165) is 41.9 Å². The van der Waals surface area contributed by atoms with Crippen molar-refractivity contribution in [3.05, 3.63) is 11.4 Å². The van der Waals surface area contributed by atoms with Gasteiger partial charge < -0.3 is 10.6 Å². The minimum atomic E-state index is 0.587. The second-order valence-electron chi connectivity index (χ2n) is 4.63. The minimum absolute atomic E-state index is 0.587. The summed E-state index contributed by atoms with van der Waals surface area (Å²) in [4.78, 5) is 9.32. The monoisotopic (exact) mass is 266 g/mol. The smallest absolute Gasteiger partial charge is 0.136 e. The topological polar surface area (TPSA) is 49.8 Å². The van der Waals surface area contributed by atoms with Crippen molar-refractivity contribution in [2.45, 2.75) is 32.6 Å². The molecule has 5 heteroatoms. The van der Waals surface area contributed by atoms with Crippen LogP contribution in [0.5, 0.6) is 0 Å². The van der Waals surface area contributed by atoms with Gasteiger partial charge in [0.25, 0.3) is 0 Å². The highest BCUT2D eigenvalue weighted by molar-refractivity contribution is 7.98. The molecule has 1 aromatic rings. The van der Waals surface area contributed by atoms with Gasteiger partial charge in [0.05, 0.1) is 0 Å². The van der Waals surface area contributed by atoms with Crippen molar-refractivity contribution in [2.75, 3.05) is 35.7 Å². The molecule has 0 aliphatic heterocycles. The van der Waals surface area contributed by atoms with Crippen molar-refractivity contribution in [1.82, 2.24) is 9.97 Å². The molecular formula is C13H22N4S. The number of thioether (sulfide) groups is 1. The summed E-state index contributed by atoms with van der Waals surface area (Å²) in [6.45, 7) is 6.02. The van der Waals surface area contributed by atoms with Gasteiger partial charge in [-0.1, -0.05) is 0 Å². The maximum absolute atomic E-state index is 4.68. The molecule has 0 aromatic carbocycles. The quantitative estimate of drug-likeness (QED) is 0.743. The zero-order valence-electron chi connectivity index (χ0n) is 11.4. The largest absolute Gasteiger partial charge is 0.370 e. The van der Waals surface area contributed by atoms with Gasteiger partial charge >= 0.3 is 0 Å². The lowest BCUT2D eigenvalue weighted by atomic mass is 10.2. The summed E-state index contributed by atoms with van der Waals surface area (Å²) in [5.74, 6) is 4.67. The highest BCUT2D eigenvalue weighted by Crippen LogP contribution is 2.39. The third-order valence-electron chi connectivity index (χ3n) is 3.05. The third-order valence-corrected chi connectivity index (χ3v) is 3.66. The van der Waals surface area contributed by atoms with Gasteiger partial charge in [-0.25, -0.2) is 9.97 Å². The molecule has 18 heavy (non-hydrogen) atoms. The third kappa shape index (κ3) is 3.28. The summed E-state index contributed by atoms with van der Waals surface area (Å²) in [6, 6.07) is 0. The van der Waals surface area contributed by atoms with Crippen LogP contribution in [-0.2, 0) is 0 Å². The Labute approximate surface area is 113 Å². The van der Waals surface area contributed by atoms with Gasteiger partial charge in [0.2, 0.25) is 0 Å². The average molecular weight is 266 g/mol. The molecule has 0 unspecified atom stereocenters. The van der Waals surface area contributed by atoms with E-state index in [1.807, 2.05) is 11.8 Å². The normalized spacial score (nSPS) is 14.6. The molecule has 2 N–H and O–H groups in total. The van der Waals surface area contributed by atoms with Crippen LogP contribution in [0.25, 0.3) is 0 Å². The van der Waals surface area contributed by atoms with E-state index in [4.69, 9.17) is 0 Å². The molecule has 1 heterocycles. The van der Waals surface area contributed by atoms with Gasteiger partial charge in [-0.2, -0.15) is 11.8 Å². The van der Waals surface area contributed by atoms with Crippen LogP contribution in [0.3, 0.4) is 0 Å². The van der Waals surface area contributed by atoms with Crippen LogP contribution >= 0.6 is 11.8 Å². The van der Waals surface area contributed by atoms with Crippen LogP contribution in [0, 0.1) is 6.92 Å². The Balaban J connectivity index is 2.18. The van der Waals surface area contributed by atoms with Gasteiger partial charge in [-0.05, 0) is 32.9 Å². The van der Waals surface area contributed by atoms with E-state index in [2.05, 4.69) is 40.7 Å². The molecular weight excluding hydrogens is 244 g/mol. The molecule has 0 bridgehead atoms. The van der Waals surface area contributed by atoms with Crippen LogP contribution in [0.2, 0.25) is 0 Å². The highest BCUT2D eigenvalue weighted by atomic mass is 32.2. The molecule has 1 aliphatic rings. The Hall–Kier alpha value is -0.970. The van der Waals surface area contributed by atoms with Gasteiger partial charge in [0.15, 0.2) is 0 Å². The van der Waals surface area contributed by atoms with Crippen LogP contribution in [-0.4, -0.2) is 35.1 Å². The summed E-state index contributed by atoms with van der Waals surface area (Å²) in [5.41, 5.74) is 1.13. The van der Waals surface area contributed by atoms with Crippen molar-refractivity contribution in [2.24, 2.45) is 0 Å². The lowest BCUT2D eigenvalue weighted by Crippen LogP contribution is -2.12. The molecule has 0 atom stereocenters. The van der Waals surface area contributed by atoms with E-state index in [1.54, 1.807) is 0 Å². The van der Waals surface area contributed by atoms with Crippen LogP contribution in [0.15, 0.2) is 0 Å². The van der Waals surface area contributed by atoms with Crippen LogP contribution in [0.1, 0.15) is 37.1 Å². The predicted molar refractivity (Wildman–Crippen MR) is 79.8 cm³/mol. The van der Waals surface area contributed by atoms with Gasteiger partial charge in [0, 0.05) is 30.3 Å². The lowest BCUT2D eigenvalue weighted by Gasteiger charge is -2.14. The first-order chi connectivity index (χ1) is 8.76. The highest BCUT2D eigenvalue weighted by Gasteiger charge is 2.28. The standard InChI is InChI=1S/C13H22N4S/c1-4-14-11-9(2)12(15-7-8-18-3)17-13(16-11)10-5-6-10/h10H,4-8H2,1-3H3,(H2,14,15,16,17). The SMILES string of the molecule is CCNc1nc(C2CC2)nc(NCCSC)c1C. The number of nitrogens with zero attached hydrogens (tertiary/aromatic N) is 2. The maximum Gasteiger partial charge on any atom is 0.136 e. The average Bonchev–Trinajstić information content (AvgIpc) is 3.18. The molecule has 0 saturated heterocycles. The van der Waals surface area contributed by atoms with Crippen molar-refractivity contribution >= 4 is 23.4 Å². The predicted octanol–water partition coefficient (Wildman–Crippen LogP) is 2.87. The summed E-state index contributed by atoms with van der Waals surface area (Å²) >= 11 is 1.84. The van der Waals surface area contributed by atoms with E-state index in [-0.39, 0.29) is 0 Å². The molecule has 4 nitrogen and oxygen atoms in total. The lowest BCUT2D eigenvalue weighted by molar-refractivity contribution is 0.912.